The van der Waals surface area contributed by atoms with Crippen LogP contribution in [0, 0.1) is 17.8 Å². The normalized spacial score (nSPS) is 19.9. The van der Waals surface area contributed by atoms with Crippen LogP contribution in [0.2, 0.25) is 0 Å². The minimum Gasteiger partial charge on any atom is -0.481 e. The number of rotatable bonds is 8. The van der Waals surface area contributed by atoms with Gasteiger partial charge in [-0.05, 0) is 24.7 Å². The summed E-state index contributed by atoms with van der Waals surface area (Å²) in [6.45, 7) is 2.49. The first kappa shape index (κ1) is 12.5. The van der Waals surface area contributed by atoms with E-state index in [-0.39, 0.29) is 12.5 Å². The van der Waals surface area contributed by atoms with Crippen LogP contribution in [0.4, 0.5) is 0 Å². The van der Waals surface area contributed by atoms with Gasteiger partial charge in [0.15, 0.2) is 0 Å². The molecule has 0 saturated heterocycles. The molecule has 0 heterocycles. The monoisotopic (exact) mass is 213 g/mol. The highest BCUT2D eigenvalue weighted by Gasteiger charge is 2.22. The molecule has 1 unspecified atom stereocenters. The Labute approximate surface area is 92.0 Å². The minimum atomic E-state index is -0.744. The molecular formula is C12H23NO2. The van der Waals surface area contributed by atoms with Crippen LogP contribution in [0.3, 0.4) is 0 Å². The molecule has 1 aliphatic carbocycles. The largest absolute Gasteiger partial charge is 0.481 e. The molecule has 1 aliphatic rings. The van der Waals surface area contributed by atoms with Gasteiger partial charge in [-0.25, -0.2) is 0 Å². The molecule has 0 radical (unpaired) electrons. The summed E-state index contributed by atoms with van der Waals surface area (Å²) in [4.78, 5) is 10.7. The topological polar surface area (TPSA) is 63.3 Å². The molecule has 1 rings (SSSR count). The zero-order valence-electron chi connectivity index (χ0n) is 9.61. The van der Waals surface area contributed by atoms with Crippen molar-refractivity contribution < 1.29 is 9.90 Å². The van der Waals surface area contributed by atoms with Gasteiger partial charge in [0.25, 0.3) is 0 Å². The smallest absolute Gasteiger partial charge is 0.307 e. The molecule has 88 valence electrons. The average Bonchev–Trinajstić information content (AvgIpc) is 2.98. The Morgan fingerprint density at radius 1 is 1.40 bits per heavy atom. The first-order valence-electron chi connectivity index (χ1n) is 6.06. The van der Waals surface area contributed by atoms with E-state index in [0.29, 0.717) is 5.92 Å². The third-order valence-corrected chi connectivity index (χ3v) is 3.41. The van der Waals surface area contributed by atoms with E-state index >= 15 is 0 Å². The second-order valence-corrected chi connectivity index (χ2v) is 4.97. The third kappa shape index (κ3) is 5.17. The molecule has 3 heteroatoms. The molecule has 3 N–H and O–H groups in total. The van der Waals surface area contributed by atoms with Gasteiger partial charge in [-0.15, -0.1) is 0 Å². The zero-order chi connectivity index (χ0) is 11.3. The van der Waals surface area contributed by atoms with Gasteiger partial charge in [-0.3, -0.25) is 4.79 Å². The highest BCUT2D eigenvalue weighted by Crippen LogP contribution is 2.35. The van der Waals surface area contributed by atoms with Crippen molar-refractivity contribution in [1.29, 1.82) is 0 Å². The van der Waals surface area contributed by atoms with Crippen molar-refractivity contribution in [3.05, 3.63) is 0 Å². The van der Waals surface area contributed by atoms with Crippen LogP contribution in [0.5, 0.6) is 0 Å². The number of carboxylic acid groups (broad SMARTS) is 1. The van der Waals surface area contributed by atoms with Gasteiger partial charge in [0, 0.05) is 6.54 Å². The molecule has 2 atom stereocenters. The number of hydrogen-bond acceptors (Lipinski definition) is 2. The maximum atomic E-state index is 10.7. The molecule has 0 amide bonds. The summed E-state index contributed by atoms with van der Waals surface area (Å²) >= 11 is 0. The van der Waals surface area contributed by atoms with Crippen molar-refractivity contribution in [2.24, 2.45) is 23.5 Å². The number of aliphatic carboxylic acids is 1. The van der Waals surface area contributed by atoms with Gasteiger partial charge in [0.1, 0.15) is 0 Å². The fourth-order valence-electron chi connectivity index (χ4n) is 1.90. The Bertz CT molecular complexity index is 202. The van der Waals surface area contributed by atoms with Crippen molar-refractivity contribution in [3.63, 3.8) is 0 Å². The molecular weight excluding hydrogens is 190 g/mol. The van der Waals surface area contributed by atoms with Crippen molar-refractivity contribution >= 4 is 5.97 Å². The molecule has 1 saturated carbocycles. The van der Waals surface area contributed by atoms with E-state index in [0.717, 1.165) is 18.8 Å². The number of carbonyl (C=O) groups is 1. The fourth-order valence-corrected chi connectivity index (χ4v) is 1.90. The van der Waals surface area contributed by atoms with Gasteiger partial charge in [-0.2, -0.15) is 0 Å². The predicted molar refractivity (Wildman–Crippen MR) is 60.5 cm³/mol. The highest BCUT2D eigenvalue weighted by molar-refractivity contribution is 5.70. The quantitative estimate of drug-likeness (QED) is 0.650. The summed E-state index contributed by atoms with van der Waals surface area (Å²) in [6.07, 6.45) is 7.14. The van der Waals surface area contributed by atoms with Crippen LogP contribution >= 0.6 is 0 Å². The molecule has 0 bridgehead atoms. The Morgan fingerprint density at radius 2 is 2.07 bits per heavy atom. The second kappa shape index (κ2) is 6.11. The van der Waals surface area contributed by atoms with Crippen molar-refractivity contribution in [1.82, 2.24) is 0 Å². The van der Waals surface area contributed by atoms with Crippen LogP contribution in [-0.4, -0.2) is 17.6 Å². The lowest BCUT2D eigenvalue weighted by atomic mass is 9.93. The SMILES string of the molecule is CC(CCC1CC1)CC[C@H](CN)C(=O)O. The van der Waals surface area contributed by atoms with Crippen LogP contribution in [-0.2, 0) is 4.79 Å². The van der Waals surface area contributed by atoms with E-state index in [1.54, 1.807) is 0 Å². The first-order valence-corrected chi connectivity index (χ1v) is 6.06. The van der Waals surface area contributed by atoms with Gasteiger partial charge < -0.3 is 10.8 Å². The number of nitrogens with two attached hydrogens (primary N) is 1. The second-order valence-electron chi connectivity index (χ2n) is 4.97. The van der Waals surface area contributed by atoms with Crippen LogP contribution < -0.4 is 5.73 Å². The van der Waals surface area contributed by atoms with Crippen molar-refractivity contribution in [2.45, 2.75) is 45.4 Å². The van der Waals surface area contributed by atoms with E-state index in [9.17, 15) is 4.79 Å². The summed E-state index contributed by atoms with van der Waals surface area (Å²) in [5.41, 5.74) is 5.41. The number of carboxylic acids is 1. The molecule has 0 aromatic heterocycles. The van der Waals surface area contributed by atoms with Gasteiger partial charge in [0.05, 0.1) is 5.92 Å². The molecule has 0 aromatic rings. The minimum absolute atomic E-state index is 0.269. The fraction of sp³-hybridized carbons (Fsp3) is 0.917. The van der Waals surface area contributed by atoms with Gasteiger partial charge in [0.2, 0.25) is 0 Å². The molecule has 15 heavy (non-hydrogen) atoms. The van der Waals surface area contributed by atoms with E-state index in [2.05, 4.69) is 6.92 Å². The summed E-state index contributed by atoms with van der Waals surface area (Å²) in [5, 5.41) is 8.83. The third-order valence-electron chi connectivity index (χ3n) is 3.41. The Balaban J connectivity index is 2.07. The van der Waals surface area contributed by atoms with Crippen LogP contribution in [0.15, 0.2) is 0 Å². The van der Waals surface area contributed by atoms with E-state index < -0.39 is 5.97 Å². The molecule has 0 aliphatic heterocycles. The lowest BCUT2D eigenvalue weighted by Gasteiger charge is -2.14. The highest BCUT2D eigenvalue weighted by atomic mass is 16.4. The Hall–Kier alpha value is -0.570. The zero-order valence-corrected chi connectivity index (χ0v) is 9.61. The average molecular weight is 213 g/mol. The lowest BCUT2D eigenvalue weighted by molar-refractivity contribution is -0.141. The summed E-state index contributed by atoms with van der Waals surface area (Å²) in [7, 11) is 0. The molecule has 0 spiro atoms. The standard InChI is InChI=1S/C12H23NO2/c1-9(2-4-10-5-6-10)3-7-11(8-13)12(14)15/h9-11H,2-8,13H2,1H3,(H,14,15)/t9?,11-/m1/s1. The summed E-state index contributed by atoms with van der Waals surface area (Å²) in [5.74, 6) is 0.552. The van der Waals surface area contributed by atoms with E-state index in [4.69, 9.17) is 10.8 Å². The maximum Gasteiger partial charge on any atom is 0.307 e. The molecule has 3 nitrogen and oxygen atoms in total. The van der Waals surface area contributed by atoms with Crippen LogP contribution in [0.25, 0.3) is 0 Å². The van der Waals surface area contributed by atoms with Crippen molar-refractivity contribution in [2.75, 3.05) is 6.54 Å². The maximum absolute atomic E-state index is 10.7. The first-order chi connectivity index (χ1) is 7.13. The van der Waals surface area contributed by atoms with E-state index in [1.165, 1.54) is 25.7 Å². The van der Waals surface area contributed by atoms with Gasteiger partial charge >= 0.3 is 5.97 Å². The summed E-state index contributed by atoms with van der Waals surface area (Å²) in [6, 6.07) is 0. The Kier molecular flexibility index (Phi) is 5.09. The van der Waals surface area contributed by atoms with Crippen LogP contribution in [0.1, 0.15) is 45.4 Å². The van der Waals surface area contributed by atoms with Crippen molar-refractivity contribution in [3.8, 4) is 0 Å². The lowest BCUT2D eigenvalue weighted by Crippen LogP contribution is -2.23. The van der Waals surface area contributed by atoms with E-state index in [1.807, 2.05) is 0 Å². The Morgan fingerprint density at radius 3 is 2.53 bits per heavy atom. The molecule has 1 fully saturated rings. The summed E-state index contributed by atoms with van der Waals surface area (Å²) < 4.78 is 0. The molecule has 0 aromatic carbocycles. The number of hydrogen-bond donors (Lipinski definition) is 2. The van der Waals surface area contributed by atoms with Gasteiger partial charge in [-0.1, -0.05) is 32.6 Å². The predicted octanol–water partition coefficient (Wildman–Crippen LogP) is 2.25.